The van der Waals surface area contributed by atoms with E-state index >= 15 is 0 Å². The van der Waals surface area contributed by atoms with Crippen molar-refractivity contribution in [3.8, 4) is 0 Å². The molecular formula is C9H8Cl2N4O6S2. The second-order valence-electron chi connectivity index (χ2n) is 4.06. The molecule has 2 rings (SSSR count). The molecular weight excluding hydrogens is 395 g/mol. The minimum Gasteiger partial charge on any atom is -0.282 e. The summed E-state index contributed by atoms with van der Waals surface area (Å²) < 4.78 is 63.1. The van der Waals surface area contributed by atoms with E-state index in [-0.39, 0.29) is 16.0 Å². The molecule has 1 aliphatic heterocycles. The maximum absolute atomic E-state index is 11.4. The van der Waals surface area contributed by atoms with Crippen LogP contribution in [0.1, 0.15) is 0 Å². The van der Waals surface area contributed by atoms with Crippen LogP contribution in [0.15, 0.2) is 44.3 Å². The van der Waals surface area contributed by atoms with Gasteiger partial charge in [0.05, 0.1) is 10.6 Å². The molecule has 1 aromatic carbocycles. The van der Waals surface area contributed by atoms with Crippen molar-refractivity contribution in [2.75, 3.05) is 5.43 Å². The maximum Gasteiger partial charge on any atom is 0.296 e. The Morgan fingerprint density at radius 2 is 1.78 bits per heavy atom. The van der Waals surface area contributed by atoms with Crippen molar-refractivity contribution in [2.24, 2.45) is 5.10 Å². The minimum absolute atomic E-state index is 0.0378. The molecule has 0 atom stereocenters. The standard InChI is InChI=1S/C9H8Cl2N4O6S2/c10-8-4-9(11)14-15(13-8)12-6-2-1-5(22(16,17)18)3-7(6)23(19,20)21/h1-4,12-13H,(H,16,17,18)(H,19,20,21). The van der Waals surface area contributed by atoms with E-state index in [4.69, 9.17) is 27.8 Å². The molecule has 0 radical (unpaired) electrons. The third-order valence-corrected chi connectivity index (χ3v) is 4.53. The highest BCUT2D eigenvalue weighted by Gasteiger charge is 2.22. The number of nitrogens with one attached hydrogen (secondary N) is 2. The number of hydrazine groups is 2. The fourth-order valence-corrected chi connectivity index (χ4v) is 3.20. The molecule has 4 N–H and O–H groups in total. The van der Waals surface area contributed by atoms with E-state index < -0.39 is 30.0 Å². The fraction of sp³-hybridized carbons (Fsp3) is 0. The second kappa shape index (κ2) is 6.14. The smallest absolute Gasteiger partial charge is 0.282 e. The average molecular weight is 403 g/mol. The van der Waals surface area contributed by atoms with Gasteiger partial charge < -0.3 is 0 Å². The number of rotatable bonds is 4. The van der Waals surface area contributed by atoms with E-state index in [1.807, 2.05) is 0 Å². The third-order valence-electron chi connectivity index (χ3n) is 2.41. The van der Waals surface area contributed by atoms with Crippen LogP contribution in [0.25, 0.3) is 0 Å². The first-order valence-electron chi connectivity index (χ1n) is 5.50. The summed E-state index contributed by atoms with van der Waals surface area (Å²) in [6, 6.07) is 2.47. The fourth-order valence-electron chi connectivity index (χ4n) is 1.52. The Morgan fingerprint density at radius 1 is 1.13 bits per heavy atom. The number of benzene rings is 1. The Hall–Kier alpha value is -1.57. The molecule has 0 bridgehead atoms. The molecule has 1 aliphatic rings. The van der Waals surface area contributed by atoms with Gasteiger partial charge >= 0.3 is 0 Å². The molecule has 0 aromatic heterocycles. The number of hydrogen-bond donors (Lipinski definition) is 4. The van der Waals surface area contributed by atoms with Crippen molar-refractivity contribution in [3.63, 3.8) is 0 Å². The lowest BCUT2D eigenvalue weighted by Gasteiger charge is -2.25. The highest BCUT2D eigenvalue weighted by atomic mass is 35.5. The van der Waals surface area contributed by atoms with Crippen LogP contribution in [-0.4, -0.2) is 36.3 Å². The lowest BCUT2D eigenvalue weighted by atomic mass is 10.3. The Bertz CT molecular complexity index is 912. The van der Waals surface area contributed by atoms with Crippen LogP contribution in [0.4, 0.5) is 5.69 Å². The first kappa shape index (κ1) is 17.8. The Balaban J connectivity index is 2.45. The van der Waals surface area contributed by atoms with E-state index in [9.17, 15) is 21.4 Å². The predicted octanol–water partition coefficient (Wildman–Crippen LogP) is 0.960. The summed E-state index contributed by atoms with van der Waals surface area (Å²) in [7, 11) is -9.48. The van der Waals surface area contributed by atoms with Crippen molar-refractivity contribution in [1.29, 1.82) is 0 Å². The summed E-state index contributed by atoms with van der Waals surface area (Å²) in [6.07, 6.45) is 1.27. The zero-order valence-electron chi connectivity index (χ0n) is 10.8. The molecule has 1 heterocycles. The van der Waals surface area contributed by atoms with Gasteiger partial charge in [0.25, 0.3) is 20.2 Å². The van der Waals surface area contributed by atoms with Crippen LogP contribution >= 0.6 is 23.2 Å². The zero-order chi connectivity index (χ0) is 17.4. The quantitative estimate of drug-likeness (QED) is 0.426. The number of allylic oxidation sites excluding steroid dienone is 1. The number of anilines is 1. The second-order valence-corrected chi connectivity index (χ2v) is 7.66. The predicted molar refractivity (Wildman–Crippen MR) is 81.9 cm³/mol. The first-order valence-corrected chi connectivity index (χ1v) is 9.14. The van der Waals surface area contributed by atoms with E-state index in [0.29, 0.717) is 6.07 Å². The van der Waals surface area contributed by atoms with Gasteiger partial charge in [0.2, 0.25) is 0 Å². The van der Waals surface area contributed by atoms with E-state index in [0.717, 1.165) is 17.4 Å². The molecule has 14 heteroatoms. The molecule has 126 valence electrons. The largest absolute Gasteiger partial charge is 0.296 e. The van der Waals surface area contributed by atoms with Gasteiger partial charge in [-0.15, -0.1) is 10.3 Å². The van der Waals surface area contributed by atoms with Gasteiger partial charge in [0, 0.05) is 6.08 Å². The van der Waals surface area contributed by atoms with Crippen LogP contribution in [0, 0.1) is 0 Å². The number of halogens is 2. The van der Waals surface area contributed by atoms with Crippen molar-refractivity contribution < 1.29 is 25.9 Å². The van der Waals surface area contributed by atoms with Gasteiger partial charge in [-0.05, 0) is 18.2 Å². The third kappa shape index (κ3) is 4.46. The molecule has 23 heavy (non-hydrogen) atoms. The van der Waals surface area contributed by atoms with Gasteiger partial charge in [-0.25, -0.2) is 0 Å². The number of hydrazone groups is 1. The molecule has 0 saturated heterocycles. The van der Waals surface area contributed by atoms with Crippen molar-refractivity contribution in [2.45, 2.75) is 9.79 Å². The van der Waals surface area contributed by atoms with Gasteiger partial charge in [-0.1, -0.05) is 23.2 Å². The Kier molecular flexibility index (Phi) is 4.75. The molecule has 0 spiro atoms. The molecule has 0 fully saturated rings. The normalized spacial score (nSPS) is 15.6. The molecule has 1 aromatic rings. The maximum atomic E-state index is 11.4. The molecule has 0 aliphatic carbocycles. The van der Waals surface area contributed by atoms with Crippen molar-refractivity contribution in [1.82, 2.24) is 10.7 Å². The van der Waals surface area contributed by atoms with Gasteiger partial charge in [-0.2, -0.15) is 16.8 Å². The van der Waals surface area contributed by atoms with E-state index in [1.165, 1.54) is 6.08 Å². The summed E-state index contributed by atoms with van der Waals surface area (Å²) in [5.74, 6) is 0. The van der Waals surface area contributed by atoms with Gasteiger partial charge in [-0.3, -0.25) is 20.0 Å². The van der Waals surface area contributed by atoms with Crippen LogP contribution in [-0.2, 0) is 20.2 Å². The zero-order valence-corrected chi connectivity index (χ0v) is 13.9. The van der Waals surface area contributed by atoms with E-state index in [1.54, 1.807) is 0 Å². The SMILES string of the molecule is O=S(=O)(O)c1ccc(NN2N=C(Cl)C=C(Cl)N2)c(S(=O)(=O)O)c1. The van der Waals surface area contributed by atoms with Gasteiger partial charge in [0.1, 0.15) is 10.1 Å². The average Bonchev–Trinajstić information content (AvgIpc) is 2.35. The Morgan fingerprint density at radius 3 is 2.30 bits per heavy atom. The molecule has 10 nitrogen and oxygen atoms in total. The minimum atomic E-state index is -4.82. The lowest BCUT2D eigenvalue weighted by Crippen LogP contribution is -2.39. The van der Waals surface area contributed by atoms with Crippen molar-refractivity contribution >= 4 is 54.3 Å². The lowest BCUT2D eigenvalue weighted by molar-refractivity contribution is 0.279. The highest BCUT2D eigenvalue weighted by molar-refractivity contribution is 7.86. The molecule has 0 unspecified atom stereocenters. The van der Waals surface area contributed by atoms with Crippen LogP contribution < -0.4 is 10.9 Å². The van der Waals surface area contributed by atoms with Crippen molar-refractivity contribution in [3.05, 3.63) is 29.4 Å². The summed E-state index contributed by atoms with van der Waals surface area (Å²) >= 11 is 11.4. The molecule has 0 amide bonds. The topological polar surface area (TPSA) is 148 Å². The highest BCUT2D eigenvalue weighted by Crippen LogP contribution is 2.25. The van der Waals surface area contributed by atoms with Crippen LogP contribution in [0.2, 0.25) is 0 Å². The first-order chi connectivity index (χ1) is 10.5. The van der Waals surface area contributed by atoms with Gasteiger partial charge in [0.15, 0.2) is 5.17 Å². The van der Waals surface area contributed by atoms with E-state index in [2.05, 4.69) is 16.0 Å². The summed E-state index contributed by atoms with van der Waals surface area (Å²) in [6.45, 7) is 0. The summed E-state index contributed by atoms with van der Waals surface area (Å²) in [4.78, 5) is -1.53. The monoisotopic (exact) mass is 402 g/mol. The van der Waals surface area contributed by atoms with Crippen LogP contribution in [0.5, 0.6) is 0 Å². The number of hydrogen-bond acceptors (Lipinski definition) is 8. The summed E-state index contributed by atoms with van der Waals surface area (Å²) in [5, 5.41) is 4.56. The molecule has 0 saturated carbocycles. The Labute approximate surface area is 140 Å². The number of nitrogens with zero attached hydrogens (tertiary/aromatic N) is 2. The summed E-state index contributed by atoms with van der Waals surface area (Å²) in [5.41, 5.74) is 4.60. The van der Waals surface area contributed by atoms with Crippen LogP contribution in [0.3, 0.4) is 0 Å².